The van der Waals surface area contributed by atoms with E-state index >= 15 is 0 Å². The zero-order valence-electron chi connectivity index (χ0n) is 12.4. The van der Waals surface area contributed by atoms with Crippen molar-refractivity contribution in [1.29, 1.82) is 0 Å². The molecular weight excluding hydrogens is 222 g/mol. The van der Waals surface area contributed by atoms with Gasteiger partial charge in [-0.15, -0.1) is 0 Å². The topological polar surface area (TPSA) is 21.3 Å². The van der Waals surface area contributed by atoms with Gasteiger partial charge in [0, 0.05) is 19.7 Å². The molecule has 0 bridgehead atoms. The maximum absolute atomic E-state index is 5.41. The summed E-state index contributed by atoms with van der Waals surface area (Å²) in [6.07, 6.45) is 2.37. The van der Waals surface area contributed by atoms with Crippen molar-refractivity contribution in [2.45, 2.75) is 52.2 Å². The minimum absolute atomic E-state index is 0.115. The molecule has 102 valence electrons. The first-order valence-corrected chi connectivity index (χ1v) is 6.86. The van der Waals surface area contributed by atoms with Crippen LogP contribution < -0.4 is 5.32 Å². The Morgan fingerprint density at radius 1 is 1.22 bits per heavy atom. The Kier molecular flexibility index (Phi) is 5.83. The van der Waals surface area contributed by atoms with Gasteiger partial charge in [-0.2, -0.15) is 0 Å². The molecular formula is C16H27NO. The quantitative estimate of drug-likeness (QED) is 0.795. The van der Waals surface area contributed by atoms with Gasteiger partial charge in [-0.1, -0.05) is 37.6 Å². The number of rotatable bonds is 7. The number of methoxy groups -OCH3 is 1. The normalized spacial score (nSPS) is 13.6. The van der Waals surface area contributed by atoms with Gasteiger partial charge < -0.3 is 10.1 Å². The lowest BCUT2D eigenvalue weighted by Gasteiger charge is -2.26. The lowest BCUT2D eigenvalue weighted by molar-refractivity contribution is 0.0214. The smallest absolute Gasteiger partial charge is 0.0746 e. The monoisotopic (exact) mass is 249 g/mol. The summed E-state index contributed by atoms with van der Waals surface area (Å²) < 4.78 is 5.41. The summed E-state index contributed by atoms with van der Waals surface area (Å²) in [5.41, 5.74) is 2.64. The molecule has 0 saturated carbocycles. The summed E-state index contributed by atoms with van der Waals surface area (Å²) in [7, 11) is 1.76. The first-order valence-electron chi connectivity index (χ1n) is 6.86. The van der Waals surface area contributed by atoms with Crippen LogP contribution in [0.25, 0.3) is 0 Å². The van der Waals surface area contributed by atoms with E-state index < -0.39 is 0 Å². The number of ether oxygens (including phenoxy) is 1. The molecule has 1 N–H and O–H groups in total. The van der Waals surface area contributed by atoms with Crippen LogP contribution in [0.1, 0.15) is 51.3 Å². The molecule has 2 nitrogen and oxygen atoms in total. The zero-order chi connectivity index (χ0) is 13.6. The van der Waals surface area contributed by atoms with E-state index in [1.807, 2.05) is 0 Å². The third kappa shape index (κ3) is 4.79. The summed E-state index contributed by atoms with van der Waals surface area (Å²) >= 11 is 0. The minimum Gasteiger partial charge on any atom is -0.377 e. The highest BCUT2D eigenvalue weighted by molar-refractivity contribution is 5.24. The van der Waals surface area contributed by atoms with Crippen LogP contribution in [0, 0.1) is 0 Å². The molecule has 0 heterocycles. The predicted molar refractivity (Wildman–Crippen MR) is 77.9 cm³/mol. The first-order chi connectivity index (χ1) is 8.48. The van der Waals surface area contributed by atoms with Crippen LogP contribution in [0.15, 0.2) is 24.3 Å². The number of hydrogen-bond acceptors (Lipinski definition) is 2. The Balaban J connectivity index is 2.53. The maximum Gasteiger partial charge on any atom is 0.0746 e. The van der Waals surface area contributed by atoms with Crippen LogP contribution in [-0.4, -0.2) is 19.3 Å². The van der Waals surface area contributed by atoms with Gasteiger partial charge in [-0.05, 0) is 38.3 Å². The largest absolute Gasteiger partial charge is 0.377 e. The Labute approximate surface area is 112 Å². The van der Waals surface area contributed by atoms with Crippen LogP contribution in [0.2, 0.25) is 0 Å². The van der Waals surface area contributed by atoms with Crippen molar-refractivity contribution >= 4 is 0 Å². The van der Waals surface area contributed by atoms with Crippen molar-refractivity contribution in [3.8, 4) is 0 Å². The Bertz CT molecular complexity index is 343. The lowest BCUT2D eigenvalue weighted by atomic mass is 10.0. The Hall–Kier alpha value is -0.860. The summed E-state index contributed by atoms with van der Waals surface area (Å²) in [5.74, 6) is 0. The van der Waals surface area contributed by atoms with Gasteiger partial charge in [-0.25, -0.2) is 0 Å². The van der Waals surface area contributed by atoms with Gasteiger partial charge >= 0.3 is 0 Å². The molecule has 0 amide bonds. The van der Waals surface area contributed by atoms with E-state index in [1.54, 1.807) is 7.11 Å². The van der Waals surface area contributed by atoms with E-state index in [4.69, 9.17) is 4.74 Å². The van der Waals surface area contributed by atoms with Gasteiger partial charge in [0.1, 0.15) is 0 Å². The summed E-state index contributed by atoms with van der Waals surface area (Å²) in [6, 6.07) is 9.28. The van der Waals surface area contributed by atoms with E-state index in [1.165, 1.54) is 24.0 Å². The molecule has 1 aromatic rings. The van der Waals surface area contributed by atoms with Crippen molar-refractivity contribution in [2.24, 2.45) is 0 Å². The van der Waals surface area contributed by atoms with Crippen LogP contribution in [-0.2, 0) is 11.2 Å². The van der Waals surface area contributed by atoms with Crippen molar-refractivity contribution in [3.05, 3.63) is 35.4 Å². The molecule has 0 fully saturated rings. The second-order valence-corrected chi connectivity index (χ2v) is 5.56. The fourth-order valence-electron chi connectivity index (χ4n) is 1.85. The predicted octanol–water partition coefficient (Wildman–Crippen LogP) is 3.71. The van der Waals surface area contributed by atoms with Crippen LogP contribution in [0.3, 0.4) is 0 Å². The number of aryl methyl sites for hydroxylation is 1. The Morgan fingerprint density at radius 3 is 2.33 bits per heavy atom. The van der Waals surface area contributed by atoms with E-state index in [9.17, 15) is 0 Å². The van der Waals surface area contributed by atoms with Crippen molar-refractivity contribution in [2.75, 3.05) is 13.7 Å². The van der Waals surface area contributed by atoms with E-state index in [0.717, 1.165) is 6.54 Å². The average Bonchev–Trinajstić information content (AvgIpc) is 2.37. The fraction of sp³-hybridized carbons (Fsp3) is 0.625. The SMILES string of the molecule is CCCc1ccc(C(C)NCC(C)(C)OC)cc1. The molecule has 0 saturated heterocycles. The fourth-order valence-corrected chi connectivity index (χ4v) is 1.85. The standard InChI is InChI=1S/C16H27NO/c1-6-7-14-8-10-15(11-9-14)13(2)17-12-16(3,4)18-5/h8-11,13,17H,6-7,12H2,1-5H3. The van der Waals surface area contributed by atoms with Gasteiger partial charge in [0.05, 0.1) is 5.60 Å². The van der Waals surface area contributed by atoms with E-state index in [2.05, 4.69) is 57.3 Å². The molecule has 0 radical (unpaired) electrons. The molecule has 1 atom stereocenters. The molecule has 0 aromatic heterocycles. The van der Waals surface area contributed by atoms with Gasteiger partial charge in [-0.3, -0.25) is 0 Å². The second-order valence-electron chi connectivity index (χ2n) is 5.56. The lowest BCUT2D eigenvalue weighted by Crippen LogP contribution is -2.37. The third-order valence-electron chi connectivity index (χ3n) is 3.40. The van der Waals surface area contributed by atoms with Crippen LogP contribution in [0.4, 0.5) is 0 Å². The highest BCUT2D eigenvalue weighted by Gasteiger charge is 2.17. The molecule has 0 aliphatic heterocycles. The molecule has 0 aliphatic rings. The third-order valence-corrected chi connectivity index (χ3v) is 3.40. The van der Waals surface area contributed by atoms with Crippen molar-refractivity contribution in [1.82, 2.24) is 5.32 Å². The number of hydrogen-bond donors (Lipinski definition) is 1. The molecule has 2 heteroatoms. The molecule has 0 aliphatic carbocycles. The molecule has 1 unspecified atom stereocenters. The number of benzene rings is 1. The first kappa shape index (κ1) is 15.2. The summed E-state index contributed by atoms with van der Waals surface area (Å²) in [4.78, 5) is 0. The van der Waals surface area contributed by atoms with Crippen LogP contribution >= 0.6 is 0 Å². The maximum atomic E-state index is 5.41. The molecule has 1 rings (SSSR count). The highest BCUT2D eigenvalue weighted by Crippen LogP contribution is 2.15. The van der Waals surface area contributed by atoms with Crippen molar-refractivity contribution < 1.29 is 4.74 Å². The zero-order valence-corrected chi connectivity index (χ0v) is 12.4. The van der Waals surface area contributed by atoms with Gasteiger partial charge in [0.2, 0.25) is 0 Å². The average molecular weight is 249 g/mol. The van der Waals surface area contributed by atoms with E-state index in [-0.39, 0.29) is 5.60 Å². The van der Waals surface area contributed by atoms with Crippen LogP contribution in [0.5, 0.6) is 0 Å². The highest BCUT2D eigenvalue weighted by atomic mass is 16.5. The van der Waals surface area contributed by atoms with Gasteiger partial charge in [0.25, 0.3) is 0 Å². The molecule has 0 spiro atoms. The molecule has 1 aromatic carbocycles. The van der Waals surface area contributed by atoms with E-state index in [0.29, 0.717) is 6.04 Å². The summed E-state index contributed by atoms with van der Waals surface area (Å²) in [5, 5.41) is 3.52. The van der Waals surface area contributed by atoms with Crippen molar-refractivity contribution in [3.63, 3.8) is 0 Å². The minimum atomic E-state index is -0.115. The number of nitrogens with one attached hydrogen (secondary N) is 1. The molecule has 18 heavy (non-hydrogen) atoms. The Morgan fingerprint density at radius 2 is 1.83 bits per heavy atom. The van der Waals surface area contributed by atoms with Gasteiger partial charge in [0.15, 0.2) is 0 Å². The summed E-state index contributed by atoms with van der Waals surface area (Å²) in [6.45, 7) is 9.45. The second kappa shape index (κ2) is 6.91.